The van der Waals surface area contributed by atoms with Crippen molar-refractivity contribution in [2.45, 2.75) is 58.7 Å². The molecule has 1 fully saturated rings. The number of hydrogen-bond acceptors (Lipinski definition) is 6. The molecule has 1 heterocycles. The van der Waals surface area contributed by atoms with Gasteiger partial charge in [0.2, 0.25) is 0 Å². The summed E-state index contributed by atoms with van der Waals surface area (Å²) in [6, 6.07) is 15.1. The number of rotatable bonds is 9. The summed E-state index contributed by atoms with van der Waals surface area (Å²) < 4.78 is 40.2. The van der Waals surface area contributed by atoms with Gasteiger partial charge in [0.15, 0.2) is 0 Å². The minimum absolute atomic E-state index is 0.171. The van der Waals surface area contributed by atoms with Gasteiger partial charge in [0, 0.05) is 20.7 Å². The molecular weight excluding hydrogens is 508 g/mol. The molecule has 0 aliphatic carbocycles. The van der Waals surface area contributed by atoms with E-state index in [0.717, 1.165) is 14.2 Å². The van der Waals surface area contributed by atoms with Crippen molar-refractivity contribution in [3.8, 4) is 5.75 Å². The Kier molecular flexibility index (Phi) is 8.54. The summed E-state index contributed by atoms with van der Waals surface area (Å²) in [7, 11) is -5.62. The molecule has 200 valence electrons. The van der Waals surface area contributed by atoms with Gasteiger partial charge in [-0.15, -0.1) is 0 Å². The van der Waals surface area contributed by atoms with Crippen molar-refractivity contribution in [2.24, 2.45) is 0 Å². The molecule has 0 radical (unpaired) electrons. The highest BCUT2D eigenvalue weighted by Crippen LogP contribution is 2.36. The minimum Gasteiger partial charge on any atom is -0.487 e. The zero-order chi connectivity index (χ0) is 27.4. The zero-order valence-corrected chi connectivity index (χ0v) is 24.2. The first kappa shape index (κ1) is 28.5. The number of anilines is 1. The van der Waals surface area contributed by atoms with Crippen LogP contribution >= 0.6 is 0 Å². The topological polar surface area (TPSA) is 93.2 Å². The van der Waals surface area contributed by atoms with E-state index in [9.17, 15) is 18.0 Å². The Morgan fingerprint density at radius 3 is 2.38 bits per heavy atom. The first-order chi connectivity index (χ1) is 17.2. The van der Waals surface area contributed by atoms with E-state index in [2.05, 4.69) is 19.6 Å². The summed E-state index contributed by atoms with van der Waals surface area (Å²) in [5, 5.41) is 0. The lowest BCUT2D eigenvalue weighted by Crippen LogP contribution is -2.37. The van der Waals surface area contributed by atoms with Crippen LogP contribution in [0.3, 0.4) is 0 Å². The third-order valence-electron chi connectivity index (χ3n) is 5.49. The van der Waals surface area contributed by atoms with Gasteiger partial charge in [-0.2, -0.15) is 8.42 Å². The fourth-order valence-corrected chi connectivity index (χ4v) is 6.21. The van der Waals surface area contributed by atoms with Gasteiger partial charge in [-0.3, -0.25) is 4.79 Å². The van der Waals surface area contributed by atoms with Crippen molar-refractivity contribution in [2.75, 3.05) is 17.4 Å². The number of carbonyl (C=O) groups is 2. The molecule has 0 aromatic heterocycles. The van der Waals surface area contributed by atoms with Gasteiger partial charge in [0.05, 0.1) is 5.69 Å². The standard InChI is InChI=1S/C27H36N2O6SSi/c1-27(2,3)35-26(31)15-13-21-12-14-23(24(18-21)34-20-22-10-8-7-9-11-22)29-19-25(30)28(36(29,32)33)16-17-37(4,5)6/h7-15,18H,16-17,19-20H2,1-6H3/b15-13+. The van der Waals surface area contributed by atoms with E-state index >= 15 is 0 Å². The Labute approximate surface area is 221 Å². The van der Waals surface area contributed by atoms with Crippen LogP contribution in [0, 0.1) is 0 Å². The maximum atomic E-state index is 13.4. The van der Waals surface area contributed by atoms with Crippen molar-refractivity contribution >= 4 is 41.9 Å². The molecule has 3 rings (SSSR count). The van der Waals surface area contributed by atoms with E-state index in [-0.39, 0.29) is 25.4 Å². The summed E-state index contributed by atoms with van der Waals surface area (Å²) in [6.07, 6.45) is 2.90. The first-order valence-electron chi connectivity index (χ1n) is 12.2. The number of nitrogens with zero attached hydrogens (tertiary/aromatic N) is 2. The number of carbonyl (C=O) groups excluding carboxylic acids is 2. The third-order valence-corrected chi connectivity index (χ3v) is 9.04. The van der Waals surface area contributed by atoms with Crippen LogP contribution < -0.4 is 9.04 Å². The van der Waals surface area contributed by atoms with Crippen LogP contribution in [0.25, 0.3) is 6.08 Å². The fraction of sp³-hybridized carbons (Fsp3) is 0.407. The van der Waals surface area contributed by atoms with Crippen LogP contribution in [0.2, 0.25) is 25.7 Å². The lowest BCUT2D eigenvalue weighted by atomic mass is 10.1. The molecule has 8 nitrogen and oxygen atoms in total. The molecule has 0 N–H and O–H groups in total. The maximum absolute atomic E-state index is 13.4. The van der Waals surface area contributed by atoms with Crippen molar-refractivity contribution in [1.82, 2.24) is 4.31 Å². The molecule has 1 amide bonds. The highest BCUT2D eigenvalue weighted by molar-refractivity contribution is 7.91. The second kappa shape index (κ2) is 11.1. The molecule has 0 spiro atoms. The molecule has 2 aromatic rings. The predicted octanol–water partition coefficient (Wildman–Crippen LogP) is 4.85. The van der Waals surface area contributed by atoms with Crippen LogP contribution in [0.1, 0.15) is 31.9 Å². The molecule has 0 bridgehead atoms. The summed E-state index contributed by atoms with van der Waals surface area (Å²) in [4.78, 5) is 24.9. The Morgan fingerprint density at radius 2 is 1.76 bits per heavy atom. The summed E-state index contributed by atoms with van der Waals surface area (Å²) in [5.74, 6) is -0.658. The lowest BCUT2D eigenvalue weighted by molar-refractivity contribution is -0.148. The first-order valence-corrected chi connectivity index (χ1v) is 17.3. The van der Waals surface area contributed by atoms with Gasteiger partial charge in [-0.1, -0.05) is 56.0 Å². The van der Waals surface area contributed by atoms with Crippen molar-refractivity contribution in [3.63, 3.8) is 0 Å². The number of hydrogen-bond donors (Lipinski definition) is 0. The van der Waals surface area contributed by atoms with Crippen LogP contribution in [-0.2, 0) is 31.1 Å². The average Bonchev–Trinajstić information content (AvgIpc) is 3.01. The number of amides is 1. The summed E-state index contributed by atoms with van der Waals surface area (Å²) in [5.41, 5.74) is 1.18. The van der Waals surface area contributed by atoms with Crippen LogP contribution in [0.5, 0.6) is 5.75 Å². The van der Waals surface area contributed by atoms with E-state index in [1.165, 1.54) is 6.08 Å². The minimum atomic E-state index is -4.05. The van der Waals surface area contributed by atoms with Gasteiger partial charge < -0.3 is 9.47 Å². The molecule has 2 aromatic carbocycles. The van der Waals surface area contributed by atoms with Crippen molar-refractivity contribution in [1.29, 1.82) is 0 Å². The van der Waals surface area contributed by atoms with Gasteiger partial charge >= 0.3 is 16.2 Å². The Morgan fingerprint density at radius 1 is 1.08 bits per heavy atom. The van der Waals surface area contributed by atoms with Gasteiger partial charge in [0.1, 0.15) is 24.5 Å². The smallest absolute Gasteiger partial charge is 0.331 e. The van der Waals surface area contributed by atoms with Crippen LogP contribution in [-0.4, -0.2) is 51.4 Å². The Hall–Kier alpha value is -3.11. The molecule has 37 heavy (non-hydrogen) atoms. The molecule has 10 heteroatoms. The molecule has 0 unspecified atom stereocenters. The fourth-order valence-electron chi connectivity index (χ4n) is 3.61. The van der Waals surface area contributed by atoms with Crippen molar-refractivity contribution in [3.05, 3.63) is 65.7 Å². The van der Waals surface area contributed by atoms with Crippen molar-refractivity contribution < 1.29 is 27.5 Å². The third kappa shape index (κ3) is 7.93. The molecule has 0 atom stereocenters. The second-order valence-corrected chi connectivity index (χ2v) is 18.6. The van der Waals surface area contributed by atoms with E-state index < -0.39 is 35.8 Å². The Balaban J connectivity index is 1.92. The summed E-state index contributed by atoms with van der Waals surface area (Å²) in [6.45, 7) is 11.8. The number of esters is 1. The SMILES string of the molecule is CC(C)(C)OC(=O)/C=C/c1ccc(N2CC(=O)N(CC[Si](C)(C)C)S2(=O)=O)c(OCc2ccccc2)c1. The molecule has 1 aliphatic heterocycles. The molecular formula is C27H36N2O6SSi. The molecule has 1 aliphatic rings. The van der Waals surface area contributed by atoms with E-state index in [0.29, 0.717) is 17.4 Å². The van der Waals surface area contributed by atoms with E-state index in [1.54, 1.807) is 45.0 Å². The quantitative estimate of drug-likeness (QED) is 0.255. The zero-order valence-electron chi connectivity index (χ0n) is 22.4. The largest absolute Gasteiger partial charge is 0.487 e. The van der Waals surface area contributed by atoms with Gasteiger partial charge in [-0.25, -0.2) is 13.4 Å². The second-order valence-electron chi connectivity index (χ2n) is 11.2. The van der Waals surface area contributed by atoms with Crippen LogP contribution in [0.15, 0.2) is 54.6 Å². The maximum Gasteiger partial charge on any atom is 0.331 e. The average molecular weight is 545 g/mol. The number of benzene rings is 2. The molecule has 0 saturated carbocycles. The molecule has 1 saturated heterocycles. The van der Waals surface area contributed by atoms with E-state index in [1.807, 2.05) is 30.3 Å². The highest BCUT2D eigenvalue weighted by atomic mass is 32.2. The normalized spacial score (nSPS) is 15.9. The van der Waals surface area contributed by atoms with E-state index in [4.69, 9.17) is 9.47 Å². The number of ether oxygens (including phenoxy) is 2. The predicted molar refractivity (Wildman–Crippen MR) is 148 cm³/mol. The van der Waals surface area contributed by atoms with Crippen LogP contribution in [0.4, 0.5) is 5.69 Å². The lowest BCUT2D eigenvalue weighted by Gasteiger charge is -2.24. The highest BCUT2D eigenvalue weighted by Gasteiger charge is 2.43. The monoisotopic (exact) mass is 544 g/mol. The van der Waals surface area contributed by atoms with Gasteiger partial charge in [0.25, 0.3) is 5.91 Å². The Bertz CT molecular complexity index is 1260. The van der Waals surface area contributed by atoms with Gasteiger partial charge in [-0.05, 0) is 56.2 Å². The summed E-state index contributed by atoms with van der Waals surface area (Å²) >= 11 is 0.